The van der Waals surface area contributed by atoms with Gasteiger partial charge in [-0.1, -0.05) is 18.2 Å². The van der Waals surface area contributed by atoms with E-state index >= 15 is 0 Å². The first-order chi connectivity index (χ1) is 12.7. The molecule has 2 aromatic rings. The van der Waals surface area contributed by atoms with Crippen molar-refractivity contribution in [1.82, 2.24) is 20.4 Å². The number of hydrogen-bond acceptors (Lipinski definition) is 6. The Hall–Kier alpha value is -3.23. The van der Waals surface area contributed by atoms with Gasteiger partial charge in [0.2, 0.25) is 0 Å². The van der Waals surface area contributed by atoms with Gasteiger partial charge in [-0.15, -0.1) is 0 Å². The van der Waals surface area contributed by atoms with E-state index in [0.717, 1.165) is 0 Å². The van der Waals surface area contributed by atoms with Crippen molar-refractivity contribution in [3.8, 4) is 0 Å². The van der Waals surface area contributed by atoms with E-state index in [2.05, 4.69) is 15.7 Å². The summed E-state index contributed by atoms with van der Waals surface area (Å²) >= 11 is 0. The largest absolute Gasteiger partial charge is 0.451 e. The summed E-state index contributed by atoms with van der Waals surface area (Å²) in [5, 5.41) is 9.29. The molecule has 0 saturated carbocycles. The van der Waals surface area contributed by atoms with Crippen molar-refractivity contribution in [2.45, 2.75) is 39.8 Å². The molecule has 1 aromatic carbocycles. The van der Waals surface area contributed by atoms with E-state index in [1.54, 1.807) is 52.0 Å². The highest BCUT2D eigenvalue weighted by Gasteiger charge is 2.20. The number of amides is 3. The highest BCUT2D eigenvalue weighted by Crippen LogP contribution is 2.15. The normalized spacial score (nSPS) is 10.9. The number of urea groups is 1. The van der Waals surface area contributed by atoms with Gasteiger partial charge < -0.3 is 10.1 Å². The van der Waals surface area contributed by atoms with Crippen LogP contribution in [0, 0.1) is 0 Å². The predicted octanol–water partition coefficient (Wildman–Crippen LogP) is 1.37. The number of ether oxygens (including phenoxy) is 1. The van der Waals surface area contributed by atoms with Crippen molar-refractivity contribution in [1.29, 1.82) is 0 Å². The van der Waals surface area contributed by atoms with Crippen molar-refractivity contribution >= 4 is 28.7 Å². The van der Waals surface area contributed by atoms with Crippen molar-refractivity contribution in [2.75, 3.05) is 6.61 Å². The summed E-state index contributed by atoms with van der Waals surface area (Å²) in [4.78, 5) is 48.1. The van der Waals surface area contributed by atoms with Crippen molar-refractivity contribution in [3.05, 3.63) is 40.3 Å². The molecule has 0 aliphatic heterocycles. The summed E-state index contributed by atoms with van der Waals surface area (Å²) in [5.41, 5.74) is -0.390. The van der Waals surface area contributed by atoms with E-state index in [1.807, 2.05) is 0 Å². The highest BCUT2D eigenvalue weighted by molar-refractivity contribution is 6.03. The molecule has 27 heavy (non-hydrogen) atoms. The second-order valence-electron chi connectivity index (χ2n) is 6.49. The molecule has 1 heterocycles. The zero-order valence-corrected chi connectivity index (χ0v) is 15.6. The molecular weight excluding hydrogens is 352 g/mol. The minimum Gasteiger partial charge on any atom is -0.451 e. The Morgan fingerprint density at radius 1 is 1.11 bits per heavy atom. The Kier molecular flexibility index (Phi) is 6.27. The van der Waals surface area contributed by atoms with E-state index in [-0.39, 0.29) is 23.3 Å². The Balaban J connectivity index is 2.20. The van der Waals surface area contributed by atoms with Gasteiger partial charge in [0.1, 0.15) is 0 Å². The number of aromatic nitrogens is 2. The molecule has 9 heteroatoms. The van der Waals surface area contributed by atoms with Crippen molar-refractivity contribution in [3.63, 3.8) is 0 Å². The number of nitrogens with one attached hydrogen (secondary N) is 2. The lowest BCUT2D eigenvalue weighted by molar-refractivity contribution is -0.123. The van der Waals surface area contributed by atoms with Crippen molar-refractivity contribution < 1.29 is 19.1 Å². The highest BCUT2D eigenvalue weighted by atomic mass is 16.5. The fourth-order valence-electron chi connectivity index (χ4n) is 2.37. The van der Waals surface area contributed by atoms with Crippen LogP contribution in [0.25, 0.3) is 10.8 Å². The molecular formula is C18H22N4O5. The number of benzene rings is 1. The van der Waals surface area contributed by atoms with Crippen LogP contribution in [0.1, 0.15) is 44.2 Å². The third kappa shape index (κ3) is 4.90. The number of carbonyl (C=O) groups is 3. The maximum Gasteiger partial charge on any atom is 0.359 e. The number of hydrogen-bond donors (Lipinski definition) is 2. The summed E-state index contributed by atoms with van der Waals surface area (Å²) in [6.07, 6.45) is 0. The predicted molar refractivity (Wildman–Crippen MR) is 98.5 cm³/mol. The van der Waals surface area contributed by atoms with Crippen LogP contribution in [-0.2, 0) is 9.53 Å². The standard InChI is InChI=1S/C18H22N4O5/c1-10(2)19-18(26)20-14(23)9-27-17(25)15-12-7-5-6-8-13(12)16(24)22(21-15)11(3)4/h5-8,10-11H,9H2,1-4H3,(H2,19,20,23,26). The second kappa shape index (κ2) is 8.43. The molecule has 3 amide bonds. The quantitative estimate of drug-likeness (QED) is 0.763. The summed E-state index contributed by atoms with van der Waals surface area (Å²) in [7, 11) is 0. The first-order valence-corrected chi connectivity index (χ1v) is 8.49. The average Bonchev–Trinajstić information content (AvgIpc) is 2.59. The van der Waals surface area contributed by atoms with Gasteiger partial charge in [0.15, 0.2) is 12.3 Å². The maximum absolute atomic E-state index is 12.5. The third-order valence-corrected chi connectivity index (χ3v) is 3.52. The number of esters is 1. The molecule has 0 aliphatic carbocycles. The van der Waals surface area contributed by atoms with Gasteiger partial charge in [-0.3, -0.25) is 14.9 Å². The molecule has 0 unspecified atom stereocenters. The molecule has 0 radical (unpaired) electrons. The Morgan fingerprint density at radius 3 is 2.33 bits per heavy atom. The minimum atomic E-state index is -0.861. The third-order valence-electron chi connectivity index (χ3n) is 3.52. The molecule has 144 valence electrons. The van der Waals surface area contributed by atoms with Gasteiger partial charge in [0.05, 0.1) is 11.4 Å². The SMILES string of the molecule is CC(C)NC(=O)NC(=O)COC(=O)c1nn(C(C)C)c(=O)c2ccccc12. The summed E-state index contributed by atoms with van der Waals surface area (Å²) < 4.78 is 6.16. The smallest absolute Gasteiger partial charge is 0.359 e. The molecule has 0 atom stereocenters. The minimum absolute atomic E-state index is 0.0710. The Labute approximate surface area is 155 Å². The first-order valence-electron chi connectivity index (χ1n) is 8.49. The average molecular weight is 374 g/mol. The van der Waals surface area contributed by atoms with Gasteiger partial charge in [0, 0.05) is 11.4 Å². The number of fused-ring (bicyclic) bond motifs is 1. The molecule has 2 rings (SSSR count). The van der Waals surface area contributed by atoms with Crippen LogP contribution in [0.15, 0.2) is 29.1 Å². The second-order valence-corrected chi connectivity index (χ2v) is 6.49. The zero-order valence-electron chi connectivity index (χ0n) is 15.6. The van der Waals surface area contributed by atoms with E-state index in [0.29, 0.717) is 10.8 Å². The van der Waals surface area contributed by atoms with Gasteiger partial charge >= 0.3 is 12.0 Å². The molecule has 9 nitrogen and oxygen atoms in total. The lowest BCUT2D eigenvalue weighted by Crippen LogP contribution is -2.44. The van der Waals surface area contributed by atoms with Crippen LogP contribution in [0.3, 0.4) is 0 Å². The summed E-state index contributed by atoms with van der Waals surface area (Å²) in [5.74, 6) is -1.64. The van der Waals surface area contributed by atoms with Crippen LogP contribution in [0.2, 0.25) is 0 Å². The Bertz CT molecular complexity index is 933. The Morgan fingerprint density at radius 2 is 1.74 bits per heavy atom. The van der Waals surface area contributed by atoms with E-state index in [9.17, 15) is 19.2 Å². The number of nitrogens with zero attached hydrogens (tertiary/aromatic N) is 2. The van der Waals surface area contributed by atoms with Crippen LogP contribution in [0.5, 0.6) is 0 Å². The van der Waals surface area contributed by atoms with E-state index < -0.39 is 24.5 Å². The topological polar surface area (TPSA) is 119 Å². The zero-order chi connectivity index (χ0) is 20.1. The van der Waals surface area contributed by atoms with E-state index in [4.69, 9.17) is 4.74 Å². The fraction of sp³-hybridized carbons (Fsp3) is 0.389. The summed E-state index contributed by atoms with van der Waals surface area (Å²) in [6, 6.07) is 5.44. The van der Waals surface area contributed by atoms with Crippen LogP contribution >= 0.6 is 0 Å². The molecule has 0 fully saturated rings. The van der Waals surface area contributed by atoms with Gasteiger partial charge in [-0.2, -0.15) is 5.10 Å². The number of rotatable bonds is 5. The van der Waals surface area contributed by atoms with Crippen LogP contribution < -0.4 is 16.2 Å². The van der Waals surface area contributed by atoms with E-state index in [1.165, 1.54) is 4.68 Å². The molecule has 0 aliphatic rings. The molecule has 2 N–H and O–H groups in total. The maximum atomic E-state index is 12.5. The number of imide groups is 1. The van der Waals surface area contributed by atoms with Crippen LogP contribution in [-0.4, -0.2) is 40.3 Å². The number of carbonyl (C=O) groups excluding carboxylic acids is 3. The lowest BCUT2D eigenvalue weighted by Gasteiger charge is -2.13. The monoisotopic (exact) mass is 374 g/mol. The lowest BCUT2D eigenvalue weighted by atomic mass is 10.1. The summed E-state index contributed by atoms with van der Waals surface area (Å²) in [6.45, 7) is 6.36. The molecule has 0 spiro atoms. The van der Waals surface area contributed by atoms with Crippen molar-refractivity contribution in [2.24, 2.45) is 0 Å². The molecule has 0 bridgehead atoms. The molecule has 0 saturated heterocycles. The fourth-order valence-corrected chi connectivity index (χ4v) is 2.37. The first kappa shape index (κ1) is 20.1. The van der Waals surface area contributed by atoms with Gasteiger partial charge in [-0.05, 0) is 33.8 Å². The van der Waals surface area contributed by atoms with Gasteiger partial charge in [0.25, 0.3) is 11.5 Å². The van der Waals surface area contributed by atoms with Crippen LogP contribution in [0.4, 0.5) is 4.79 Å². The molecule has 1 aromatic heterocycles. The van der Waals surface area contributed by atoms with Gasteiger partial charge in [-0.25, -0.2) is 14.3 Å².